The van der Waals surface area contributed by atoms with Gasteiger partial charge in [0, 0.05) is 19.5 Å². The topological polar surface area (TPSA) is 40.5 Å². The molecule has 0 aromatic carbocycles. The summed E-state index contributed by atoms with van der Waals surface area (Å²) in [5, 5.41) is 9.33. The molecule has 1 rings (SSSR count). The second-order valence-corrected chi connectivity index (χ2v) is 5.28. The number of hydrogen-bond donors (Lipinski definition) is 1. The zero-order valence-corrected chi connectivity index (χ0v) is 10.6. The molecule has 0 spiro atoms. The van der Waals surface area contributed by atoms with Gasteiger partial charge in [0.2, 0.25) is 5.91 Å². The van der Waals surface area contributed by atoms with Gasteiger partial charge >= 0.3 is 0 Å². The van der Waals surface area contributed by atoms with Gasteiger partial charge in [0.1, 0.15) is 0 Å². The quantitative estimate of drug-likeness (QED) is 0.707. The van der Waals surface area contributed by atoms with Crippen LogP contribution >= 0.6 is 0 Å². The summed E-state index contributed by atoms with van der Waals surface area (Å²) in [6.45, 7) is 5.75. The van der Waals surface area contributed by atoms with Crippen molar-refractivity contribution in [2.45, 2.75) is 58.5 Å². The normalized spacial score (nSPS) is 20.8. The van der Waals surface area contributed by atoms with Crippen LogP contribution in [0.25, 0.3) is 0 Å². The molecule has 1 aliphatic rings. The third-order valence-electron chi connectivity index (χ3n) is 3.19. The molecule has 0 radical (unpaired) electrons. The number of likely N-dealkylation sites (tertiary alicyclic amines) is 1. The van der Waals surface area contributed by atoms with Crippen LogP contribution in [0.1, 0.15) is 52.4 Å². The standard InChI is InChI=1S/C13H25NO2/c1-11(2)6-4-3-5-7-13(16)14-9-8-12(15)10-14/h11-12,15H,3-10H2,1-2H3/t12-/m0/s1. The monoisotopic (exact) mass is 227 g/mol. The zero-order valence-electron chi connectivity index (χ0n) is 10.6. The van der Waals surface area contributed by atoms with E-state index in [-0.39, 0.29) is 12.0 Å². The number of aliphatic hydroxyl groups excluding tert-OH is 1. The van der Waals surface area contributed by atoms with Crippen molar-refractivity contribution in [3.05, 3.63) is 0 Å². The van der Waals surface area contributed by atoms with Crippen LogP contribution in [-0.2, 0) is 4.79 Å². The third-order valence-corrected chi connectivity index (χ3v) is 3.19. The Labute approximate surface area is 98.8 Å². The first-order valence-corrected chi connectivity index (χ1v) is 6.55. The first kappa shape index (κ1) is 13.5. The molecule has 3 heteroatoms. The second kappa shape index (κ2) is 6.89. The number of rotatable bonds is 6. The molecule has 1 fully saturated rings. The predicted octanol–water partition coefficient (Wildman–Crippen LogP) is 2.19. The Kier molecular flexibility index (Phi) is 5.81. The highest BCUT2D eigenvalue weighted by Gasteiger charge is 2.23. The number of carbonyl (C=O) groups is 1. The Hall–Kier alpha value is -0.570. The van der Waals surface area contributed by atoms with Gasteiger partial charge in [0.25, 0.3) is 0 Å². The maximum Gasteiger partial charge on any atom is 0.222 e. The molecule has 1 aliphatic heterocycles. The third kappa shape index (κ3) is 4.97. The lowest BCUT2D eigenvalue weighted by Gasteiger charge is -2.15. The van der Waals surface area contributed by atoms with Gasteiger partial charge in [-0.05, 0) is 18.8 Å². The molecule has 1 atom stereocenters. The fraction of sp³-hybridized carbons (Fsp3) is 0.923. The fourth-order valence-corrected chi connectivity index (χ4v) is 2.13. The van der Waals surface area contributed by atoms with E-state index in [2.05, 4.69) is 13.8 Å². The van der Waals surface area contributed by atoms with Gasteiger partial charge in [0.05, 0.1) is 6.10 Å². The largest absolute Gasteiger partial charge is 0.391 e. The van der Waals surface area contributed by atoms with E-state index in [1.807, 2.05) is 0 Å². The molecular formula is C13H25NO2. The summed E-state index contributed by atoms with van der Waals surface area (Å²) in [5.74, 6) is 0.991. The summed E-state index contributed by atoms with van der Waals surface area (Å²) in [5.41, 5.74) is 0. The van der Waals surface area contributed by atoms with E-state index in [0.29, 0.717) is 13.0 Å². The summed E-state index contributed by atoms with van der Waals surface area (Å²) in [4.78, 5) is 13.5. The van der Waals surface area contributed by atoms with E-state index in [9.17, 15) is 9.90 Å². The van der Waals surface area contributed by atoms with Crippen molar-refractivity contribution in [3.63, 3.8) is 0 Å². The molecule has 16 heavy (non-hydrogen) atoms. The number of β-amino-alcohol motifs (C(OH)–C–C–N with tert-alkyl or cyclic N) is 1. The number of unbranched alkanes of at least 4 members (excludes halogenated alkanes) is 2. The highest BCUT2D eigenvalue weighted by molar-refractivity contribution is 5.76. The van der Waals surface area contributed by atoms with Crippen LogP contribution in [0, 0.1) is 5.92 Å². The number of nitrogens with zero attached hydrogens (tertiary/aromatic N) is 1. The van der Waals surface area contributed by atoms with Gasteiger partial charge in [0.15, 0.2) is 0 Å². The number of aliphatic hydroxyl groups is 1. The van der Waals surface area contributed by atoms with Gasteiger partial charge in [-0.25, -0.2) is 0 Å². The van der Waals surface area contributed by atoms with Crippen molar-refractivity contribution in [2.75, 3.05) is 13.1 Å². The number of hydrogen-bond acceptors (Lipinski definition) is 2. The molecule has 0 aromatic heterocycles. The Balaban J connectivity index is 2.02. The Morgan fingerprint density at radius 3 is 2.69 bits per heavy atom. The van der Waals surface area contributed by atoms with Crippen molar-refractivity contribution in [1.82, 2.24) is 4.90 Å². The molecule has 1 N–H and O–H groups in total. The molecule has 1 heterocycles. The molecule has 1 amide bonds. The Morgan fingerprint density at radius 1 is 1.38 bits per heavy atom. The molecule has 94 valence electrons. The van der Waals surface area contributed by atoms with Crippen molar-refractivity contribution in [3.8, 4) is 0 Å². The van der Waals surface area contributed by atoms with Gasteiger partial charge < -0.3 is 10.0 Å². The smallest absolute Gasteiger partial charge is 0.222 e. The SMILES string of the molecule is CC(C)CCCCCC(=O)N1CC[C@H](O)C1. The molecule has 0 saturated carbocycles. The van der Waals surface area contributed by atoms with Crippen molar-refractivity contribution < 1.29 is 9.90 Å². The highest BCUT2D eigenvalue weighted by Crippen LogP contribution is 2.13. The average Bonchev–Trinajstić information content (AvgIpc) is 2.63. The lowest BCUT2D eigenvalue weighted by Crippen LogP contribution is -2.29. The maximum atomic E-state index is 11.7. The summed E-state index contributed by atoms with van der Waals surface area (Å²) in [6, 6.07) is 0. The number of carbonyl (C=O) groups excluding carboxylic acids is 1. The number of amides is 1. The molecule has 0 aliphatic carbocycles. The van der Waals surface area contributed by atoms with E-state index >= 15 is 0 Å². The molecule has 3 nitrogen and oxygen atoms in total. The zero-order chi connectivity index (χ0) is 12.0. The minimum absolute atomic E-state index is 0.223. The van der Waals surface area contributed by atoms with E-state index in [0.717, 1.165) is 31.7 Å². The van der Waals surface area contributed by atoms with Crippen LogP contribution < -0.4 is 0 Å². The van der Waals surface area contributed by atoms with Crippen molar-refractivity contribution in [2.24, 2.45) is 5.92 Å². The van der Waals surface area contributed by atoms with Crippen LogP contribution in [-0.4, -0.2) is 35.1 Å². The van der Waals surface area contributed by atoms with Crippen molar-refractivity contribution in [1.29, 1.82) is 0 Å². The summed E-state index contributed by atoms with van der Waals surface area (Å²) in [6.07, 6.45) is 5.76. The summed E-state index contributed by atoms with van der Waals surface area (Å²) < 4.78 is 0. The van der Waals surface area contributed by atoms with E-state index < -0.39 is 0 Å². The highest BCUT2D eigenvalue weighted by atomic mass is 16.3. The minimum atomic E-state index is -0.287. The molecular weight excluding hydrogens is 202 g/mol. The molecule has 0 unspecified atom stereocenters. The second-order valence-electron chi connectivity index (χ2n) is 5.28. The van der Waals surface area contributed by atoms with Gasteiger partial charge in [-0.1, -0.05) is 33.1 Å². The average molecular weight is 227 g/mol. The van der Waals surface area contributed by atoms with Gasteiger partial charge in [-0.15, -0.1) is 0 Å². The van der Waals surface area contributed by atoms with E-state index in [1.54, 1.807) is 4.90 Å². The van der Waals surface area contributed by atoms with E-state index in [4.69, 9.17) is 0 Å². The van der Waals surface area contributed by atoms with Gasteiger partial charge in [-0.3, -0.25) is 4.79 Å². The maximum absolute atomic E-state index is 11.7. The van der Waals surface area contributed by atoms with Gasteiger partial charge in [-0.2, -0.15) is 0 Å². The van der Waals surface area contributed by atoms with Crippen LogP contribution in [0.15, 0.2) is 0 Å². The Bertz CT molecular complexity index is 216. The first-order chi connectivity index (χ1) is 7.59. The van der Waals surface area contributed by atoms with Crippen molar-refractivity contribution >= 4 is 5.91 Å². The van der Waals surface area contributed by atoms with Crippen LogP contribution in [0.3, 0.4) is 0 Å². The summed E-state index contributed by atoms with van der Waals surface area (Å²) >= 11 is 0. The van der Waals surface area contributed by atoms with Crippen LogP contribution in [0.5, 0.6) is 0 Å². The first-order valence-electron chi connectivity index (χ1n) is 6.55. The van der Waals surface area contributed by atoms with Crippen LogP contribution in [0.2, 0.25) is 0 Å². The Morgan fingerprint density at radius 2 is 2.12 bits per heavy atom. The minimum Gasteiger partial charge on any atom is -0.391 e. The summed E-state index contributed by atoms with van der Waals surface area (Å²) in [7, 11) is 0. The van der Waals surface area contributed by atoms with Crippen LogP contribution in [0.4, 0.5) is 0 Å². The predicted molar refractivity (Wildman–Crippen MR) is 65.1 cm³/mol. The molecule has 1 saturated heterocycles. The molecule has 0 bridgehead atoms. The lowest BCUT2D eigenvalue weighted by molar-refractivity contribution is -0.130. The fourth-order valence-electron chi connectivity index (χ4n) is 2.13. The molecule has 0 aromatic rings. The lowest BCUT2D eigenvalue weighted by atomic mass is 10.0. The van der Waals surface area contributed by atoms with E-state index in [1.165, 1.54) is 12.8 Å².